The van der Waals surface area contributed by atoms with Gasteiger partial charge in [-0.1, -0.05) is 6.07 Å². The molecule has 0 aliphatic heterocycles. The van der Waals surface area contributed by atoms with Crippen LogP contribution in [0.3, 0.4) is 0 Å². The molecular weight excluding hydrogens is 324 g/mol. The Morgan fingerprint density at radius 3 is 2.53 bits per heavy atom. The maximum absolute atomic E-state index is 12.1. The highest BCUT2D eigenvalue weighted by atomic mass is 79.9. The third-order valence-corrected chi connectivity index (χ3v) is 2.67. The Kier molecular flexibility index (Phi) is 4.43. The van der Waals surface area contributed by atoms with Crippen molar-refractivity contribution < 1.29 is 22.7 Å². The molecule has 17 heavy (non-hydrogen) atoms. The van der Waals surface area contributed by atoms with E-state index in [1.807, 2.05) is 0 Å². The molecule has 0 aromatic heterocycles. The summed E-state index contributed by atoms with van der Waals surface area (Å²) in [5.74, 6) is -1.21. The largest absolute Gasteiger partial charge is 0.573 e. The van der Waals surface area contributed by atoms with Gasteiger partial charge in [0.1, 0.15) is 5.75 Å². The summed E-state index contributed by atoms with van der Waals surface area (Å²) in [6, 6.07) is 3.83. The molecule has 94 valence electrons. The van der Waals surface area contributed by atoms with Crippen LogP contribution in [0, 0.1) is 0 Å². The lowest BCUT2D eigenvalue weighted by atomic mass is 10.1. The van der Waals surface area contributed by atoms with Gasteiger partial charge < -0.3 is 4.74 Å². The van der Waals surface area contributed by atoms with E-state index in [2.05, 4.69) is 20.7 Å². The van der Waals surface area contributed by atoms with Gasteiger partial charge in [0.15, 0.2) is 5.78 Å². The average molecular weight is 332 g/mol. The number of ketones is 1. The molecule has 7 heteroatoms. The molecule has 1 aromatic rings. The van der Waals surface area contributed by atoms with E-state index >= 15 is 0 Å². The number of hydrogen-bond donors (Lipinski definition) is 0. The van der Waals surface area contributed by atoms with Crippen molar-refractivity contribution in [3.05, 3.63) is 28.2 Å². The van der Waals surface area contributed by atoms with E-state index in [9.17, 15) is 18.0 Å². The molecule has 0 saturated carbocycles. The Balaban J connectivity index is 3.22. The lowest BCUT2D eigenvalue weighted by Gasteiger charge is -2.14. The predicted molar refractivity (Wildman–Crippen MR) is 60.5 cm³/mol. The Labute approximate surface area is 109 Å². The molecule has 0 spiro atoms. The van der Waals surface area contributed by atoms with Crippen molar-refractivity contribution in [3.8, 4) is 5.75 Å². The molecule has 1 rings (SSSR count). The van der Waals surface area contributed by atoms with E-state index in [1.54, 1.807) is 0 Å². The molecule has 0 fully saturated rings. The zero-order chi connectivity index (χ0) is 13.2. The van der Waals surface area contributed by atoms with E-state index in [0.717, 1.165) is 6.07 Å². The van der Waals surface area contributed by atoms with Crippen LogP contribution in [0.4, 0.5) is 13.2 Å². The molecule has 0 aliphatic carbocycles. The molecule has 0 bridgehead atoms. The highest BCUT2D eigenvalue weighted by Crippen LogP contribution is 2.32. The fourth-order valence-corrected chi connectivity index (χ4v) is 1.80. The van der Waals surface area contributed by atoms with Crippen molar-refractivity contribution in [3.63, 3.8) is 0 Å². The minimum atomic E-state index is -4.86. The number of halogens is 5. The molecule has 0 heterocycles. The van der Waals surface area contributed by atoms with Crippen molar-refractivity contribution in [2.75, 3.05) is 0 Å². The van der Waals surface area contributed by atoms with Crippen LogP contribution in [0.5, 0.6) is 5.75 Å². The number of ether oxygens (including phenoxy) is 1. The third kappa shape index (κ3) is 3.89. The number of Topliss-reactive ketones (excluding diaryl/α,β-unsaturated/α-hetero) is 1. The van der Waals surface area contributed by atoms with Crippen LogP contribution in [0.15, 0.2) is 22.7 Å². The lowest BCUT2D eigenvalue weighted by Crippen LogP contribution is -2.21. The summed E-state index contributed by atoms with van der Waals surface area (Å²) in [4.78, 5) is 11.7. The van der Waals surface area contributed by atoms with Crippen LogP contribution in [0.25, 0.3) is 0 Å². The summed E-state index contributed by atoms with van der Waals surface area (Å²) >= 11 is 8.57. The standard InChI is InChI=1S/C10H7BrClF3O2/c1-5(12)9(16)8-6(11)3-2-4-7(8)17-10(13,14)15/h2-5H,1H3. The summed E-state index contributed by atoms with van der Waals surface area (Å²) in [5, 5.41) is -0.940. The number of alkyl halides is 4. The fraction of sp³-hybridized carbons (Fsp3) is 0.300. The number of carbonyl (C=O) groups excluding carboxylic acids is 1. The summed E-state index contributed by atoms with van der Waals surface area (Å²) in [5.41, 5.74) is -0.215. The highest BCUT2D eigenvalue weighted by Gasteiger charge is 2.33. The molecule has 1 atom stereocenters. The zero-order valence-electron chi connectivity index (χ0n) is 8.52. The van der Waals surface area contributed by atoms with Gasteiger partial charge in [-0.15, -0.1) is 24.8 Å². The van der Waals surface area contributed by atoms with Crippen LogP contribution >= 0.6 is 27.5 Å². The minimum absolute atomic E-state index is 0.205. The van der Waals surface area contributed by atoms with Gasteiger partial charge >= 0.3 is 6.36 Å². The van der Waals surface area contributed by atoms with Gasteiger partial charge in [0.05, 0.1) is 10.9 Å². The number of rotatable bonds is 3. The summed E-state index contributed by atoms with van der Waals surface area (Å²) in [7, 11) is 0. The van der Waals surface area contributed by atoms with Crippen molar-refractivity contribution in [2.45, 2.75) is 18.7 Å². The number of carbonyl (C=O) groups is 1. The minimum Gasteiger partial charge on any atom is -0.405 e. The van der Waals surface area contributed by atoms with Gasteiger partial charge in [-0.3, -0.25) is 4.79 Å². The maximum Gasteiger partial charge on any atom is 0.573 e. The Hall–Kier alpha value is -0.750. The molecule has 2 nitrogen and oxygen atoms in total. The third-order valence-electron chi connectivity index (χ3n) is 1.81. The van der Waals surface area contributed by atoms with Gasteiger partial charge in [0, 0.05) is 4.47 Å². The molecule has 1 aromatic carbocycles. The van der Waals surface area contributed by atoms with Crippen molar-refractivity contribution >= 4 is 33.3 Å². The Morgan fingerprint density at radius 2 is 2.06 bits per heavy atom. The first kappa shape index (κ1) is 14.3. The van der Waals surface area contributed by atoms with Crippen LogP contribution < -0.4 is 4.74 Å². The first-order chi connectivity index (χ1) is 7.72. The fourth-order valence-electron chi connectivity index (χ4n) is 1.15. The molecule has 1 unspecified atom stereocenters. The SMILES string of the molecule is CC(Cl)C(=O)c1c(Br)cccc1OC(F)(F)F. The summed E-state index contributed by atoms with van der Waals surface area (Å²) < 4.78 is 40.4. The average Bonchev–Trinajstić information content (AvgIpc) is 2.14. The zero-order valence-corrected chi connectivity index (χ0v) is 10.9. The molecule has 0 saturated heterocycles. The van der Waals surface area contributed by atoms with Crippen LogP contribution in [0.2, 0.25) is 0 Å². The van der Waals surface area contributed by atoms with Gasteiger partial charge in [-0.05, 0) is 35.0 Å². The first-order valence-electron chi connectivity index (χ1n) is 4.45. The number of hydrogen-bond acceptors (Lipinski definition) is 2. The number of benzene rings is 1. The second kappa shape index (κ2) is 5.27. The molecule has 0 N–H and O–H groups in total. The molecular formula is C10H7BrClF3O2. The van der Waals surface area contributed by atoms with Crippen LogP contribution in [-0.4, -0.2) is 17.5 Å². The topological polar surface area (TPSA) is 26.3 Å². The van der Waals surface area contributed by atoms with Crippen molar-refractivity contribution in [1.82, 2.24) is 0 Å². The maximum atomic E-state index is 12.1. The van der Waals surface area contributed by atoms with Crippen LogP contribution in [0.1, 0.15) is 17.3 Å². The first-order valence-corrected chi connectivity index (χ1v) is 5.68. The molecule has 0 aliphatic rings. The predicted octanol–water partition coefficient (Wildman–Crippen LogP) is 4.16. The quantitative estimate of drug-likeness (QED) is 0.614. The van der Waals surface area contributed by atoms with Gasteiger partial charge in [0.2, 0.25) is 0 Å². The van der Waals surface area contributed by atoms with E-state index in [4.69, 9.17) is 11.6 Å². The van der Waals surface area contributed by atoms with Crippen molar-refractivity contribution in [1.29, 1.82) is 0 Å². The van der Waals surface area contributed by atoms with Gasteiger partial charge in [-0.2, -0.15) is 0 Å². The lowest BCUT2D eigenvalue weighted by molar-refractivity contribution is -0.274. The van der Waals surface area contributed by atoms with E-state index in [-0.39, 0.29) is 10.0 Å². The van der Waals surface area contributed by atoms with Crippen molar-refractivity contribution in [2.24, 2.45) is 0 Å². The van der Waals surface area contributed by atoms with E-state index < -0.39 is 23.3 Å². The second-order valence-electron chi connectivity index (χ2n) is 3.14. The highest BCUT2D eigenvalue weighted by molar-refractivity contribution is 9.10. The summed E-state index contributed by atoms with van der Waals surface area (Å²) in [6.45, 7) is 1.38. The van der Waals surface area contributed by atoms with Gasteiger partial charge in [0.25, 0.3) is 0 Å². The molecule has 0 amide bonds. The second-order valence-corrected chi connectivity index (χ2v) is 4.65. The van der Waals surface area contributed by atoms with E-state index in [0.29, 0.717) is 0 Å². The normalized spacial score (nSPS) is 13.3. The monoisotopic (exact) mass is 330 g/mol. The molecule has 0 radical (unpaired) electrons. The Bertz CT molecular complexity index is 432. The smallest absolute Gasteiger partial charge is 0.405 e. The Morgan fingerprint density at radius 1 is 1.47 bits per heavy atom. The van der Waals surface area contributed by atoms with Gasteiger partial charge in [-0.25, -0.2) is 0 Å². The summed E-state index contributed by atoms with van der Waals surface area (Å²) in [6.07, 6.45) is -4.86. The van der Waals surface area contributed by atoms with E-state index in [1.165, 1.54) is 19.1 Å². The van der Waals surface area contributed by atoms with Crippen LogP contribution in [-0.2, 0) is 0 Å².